The Labute approximate surface area is 208 Å². The lowest BCUT2D eigenvalue weighted by Gasteiger charge is -2.25. The summed E-state index contributed by atoms with van der Waals surface area (Å²) in [5.74, 6) is -0.0593. The molecule has 1 N–H and O–H groups in total. The molecule has 3 heterocycles. The molecule has 6 heteroatoms. The fourth-order valence-electron chi connectivity index (χ4n) is 6.39. The van der Waals surface area contributed by atoms with Gasteiger partial charge in [0.25, 0.3) is 11.5 Å². The monoisotopic (exact) mass is 476 g/mol. The maximum absolute atomic E-state index is 13.7. The van der Waals surface area contributed by atoms with Crippen molar-refractivity contribution in [1.82, 2.24) is 19.4 Å². The Balaban J connectivity index is 1.45. The lowest BCUT2D eigenvalue weighted by molar-refractivity contribution is 0.0941. The third-order valence-electron chi connectivity index (χ3n) is 8.34. The Bertz CT molecular complexity index is 1250. The smallest absolute Gasteiger partial charge is 0.275 e. The molecular weight excluding hydrogens is 436 g/mol. The van der Waals surface area contributed by atoms with Crippen LogP contribution in [0.15, 0.2) is 35.3 Å². The van der Waals surface area contributed by atoms with Crippen LogP contribution < -0.4 is 10.9 Å². The van der Waals surface area contributed by atoms with Crippen molar-refractivity contribution >= 4 is 27.7 Å². The van der Waals surface area contributed by atoms with Crippen LogP contribution in [0.1, 0.15) is 87.5 Å². The number of fused-ring (bicyclic) bond motifs is 3. The van der Waals surface area contributed by atoms with Crippen molar-refractivity contribution in [3.8, 4) is 0 Å². The van der Waals surface area contributed by atoms with Gasteiger partial charge < -0.3 is 14.5 Å². The van der Waals surface area contributed by atoms with Gasteiger partial charge in [-0.05, 0) is 51.3 Å². The first-order valence-corrected chi connectivity index (χ1v) is 13.7. The van der Waals surface area contributed by atoms with E-state index in [2.05, 4.69) is 17.1 Å². The molecule has 1 aliphatic heterocycles. The fraction of sp³-hybridized carbons (Fsp3) is 0.586. The molecular formula is C29H40N4O2. The van der Waals surface area contributed by atoms with Crippen LogP contribution in [0.25, 0.3) is 21.8 Å². The van der Waals surface area contributed by atoms with Crippen molar-refractivity contribution < 1.29 is 4.79 Å². The molecule has 188 valence electrons. The van der Waals surface area contributed by atoms with Gasteiger partial charge in [-0.25, -0.2) is 0 Å². The van der Waals surface area contributed by atoms with Crippen molar-refractivity contribution in [1.29, 1.82) is 0 Å². The summed E-state index contributed by atoms with van der Waals surface area (Å²) in [6.07, 6.45) is 13.6. The van der Waals surface area contributed by atoms with Crippen molar-refractivity contribution in [3.05, 3.63) is 46.4 Å². The number of aromatic nitrogens is 2. The number of rotatable bonds is 9. The molecule has 6 nitrogen and oxygen atoms in total. The number of nitrogens with one attached hydrogen (secondary N) is 1. The minimum absolute atomic E-state index is 0.0243. The molecule has 1 saturated carbocycles. The van der Waals surface area contributed by atoms with E-state index in [-0.39, 0.29) is 17.5 Å². The molecule has 2 aromatic heterocycles. The first-order valence-electron chi connectivity index (χ1n) is 13.7. The summed E-state index contributed by atoms with van der Waals surface area (Å²) in [4.78, 5) is 29.9. The van der Waals surface area contributed by atoms with E-state index in [0.717, 1.165) is 61.5 Å². The quantitative estimate of drug-likeness (QED) is 0.422. The number of carbonyl (C=O) groups excluding carboxylic acids is 1. The van der Waals surface area contributed by atoms with Crippen LogP contribution in [0.2, 0.25) is 0 Å². The number of hydrogen-bond acceptors (Lipinski definition) is 3. The molecule has 0 radical (unpaired) electrons. The summed E-state index contributed by atoms with van der Waals surface area (Å²) < 4.78 is 3.84. The van der Waals surface area contributed by atoms with Gasteiger partial charge in [0, 0.05) is 48.2 Å². The minimum atomic E-state index is -0.0593. The van der Waals surface area contributed by atoms with Gasteiger partial charge in [-0.1, -0.05) is 57.2 Å². The summed E-state index contributed by atoms with van der Waals surface area (Å²) in [5.41, 5.74) is 2.29. The highest BCUT2D eigenvalue weighted by atomic mass is 16.2. The molecule has 0 spiro atoms. The van der Waals surface area contributed by atoms with E-state index in [1.54, 1.807) is 0 Å². The van der Waals surface area contributed by atoms with Gasteiger partial charge in [0.1, 0.15) is 5.52 Å². The number of aryl methyl sites for hydroxylation is 1. The zero-order chi connectivity index (χ0) is 24.4. The van der Waals surface area contributed by atoms with Gasteiger partial charge in [0.2, 0.25) is 0 Å². The van der Waals surface area contributed by atoms with E-state index in [0.29, 0.717) is 23.7 Å². The highest BCUT2D eigenvalue weighted by Crippen LogP contribution is 2.33. The van der Waals surface area contributed by atoms with Crippen LogP contribution in [0.4, 0.5) is 0 Å². The maximum atomic E-state index is 13.7. The number of nitrogens with zero attached hydrogens (tertiary/aromatic N) is 3. The number of para-hydroxylation sites is 1. The summed E-state index contributed by atoms with van der Waals surface area (Å²) in [5, 5.41) is 5.04. The van der Waals surface area contributed by atoms with Crippen LogP contribution in [0, 0.1) is 0 Å². The Hall–Kier alpha value is -2.60. The molecule has 0 unspecified atom stereocenters. The largest absolute Gasteiger partial charge is 0.350 e. The van der Waals surface area contributed by atoms with Crippen molar-refractivity contribution in [3.63, 3.8) is 0 Å². The number of unbranched alkanes of at least 4 members (excludes halogenated alkanes) is 3. The number of likely N-dealkylation sites (tertiary alicyclic amines) is 1. The molecule has 1 aromatic carbocycles. The second kappa shape index (κ2) is 10.6. The van der Waals surface area contributed by atoms with E-state index in [1.807, 2.05) is 46.6 Å². The Morgan fingerprint density at radius 3 is 2.66 bits per heavy atom. The van der Waals surface area contributed by atoms with Gasteiger partial charge in [0.05, 0.1) is 5.56 Å². The van der Waals surface area contributed by atoms with Crippen LogP contribution in [-0.2, 0) is 7.05 Å². The maximum Gasteiger partial charge on any atom is 0.275 e. The summed E-state index contributed by atoms with van der Waals surface area (Å²) in [6, 6.07) is 8.63. The predicted octanol–water partition coefficient (Wildman–Crippen LogP) is 5.38. The number of amides is 1. The fourth-order valence-corrected chi connectivity index (χ4v) is 6.39. The van der Waals surface area contributed by atoms with E-state index in [4.69, 9.17) is 0 Å². The second-order valence-electron chi connectivity index (χ2n) is 10.6. The third kappa shape index (κ3) is 4.65. The van der Waals surface area contributed by atoms with Gasteiger partial charge >= 0.3 is 0 Å². The number of hydrogen-bond donors (Lipinski definition) is 1. The van der Waals surface area contributed by atoms with E-state index >= 15 is 0 Å². The average molecular weight is 477 g/mol. The van der Waals surface area contributed by atoms with E-state index < -0.39 is 0 Å². The molecule has 3 aromatic rings. The molecule has 0 bridgehead atoms. The Morgan fingerprint density at radius 1 is 1.06 bits per heavy atom. The van der Waals surface area contributed by atoms with Gasteiger partial charge in [-0.15, -0.1) is 0 Å². The summed E-state index contributed by atoms with van der Waals surface area (Å²) >= 11 is 0. The zero-order valence-electron chi connectivity index (χ0n) is 21.4. The third-order valence-corrected chi connectivity index (χ3v) is 8.34. The van der Waals surface area contributed by atoms with Crippen LogP contribution in [-0.4, -0.2) is 45.6 Å². The van der Waals surface area contributed by atoms with E-state index in [9.17, 15) is 9.59 Å². The molecule has 2 fully saturated rings. The van der Waals surface area contributed by atoms with Crippen molar-refractivity contribution in [2.24, 2.45) is 7.05 Å². The minimum Gasteiger partial charge on any atom is -0.350 e. The molecule has 1 saturated heterocycles. The van der Waals surface area contributed by atoms with Crippen LogP contribution in [0.5, 0.6) is 0 Å². The lowest BCUT2D eigenvalue weighted by Crippen LogP contribution is -2.41. The number of pyridine rings is 1. The molecule has 1 atom stereocenters. The molecule has 35 heavy (non-hydrogen) atoms. The lowest BCUT2D eigenvalue weighted by atomic mass is 10.1. The number of benzene rings is 1. The van der Waals surface area contributed by atoms with E-state index in [1.165, 1.54) is 32.1 Å². The van der Waals surface area contributed by atoms with Crippen LogP contribution >= 0.6 is 0 Å². The summed E-state index contributed by atoms with van der Waals surface area (Å²) in [7, 11) is 1.95. The average Bonchev–Trinajstić information content (AvgIpc) is 3.62. The molecule has 1 aliphatic carbocycles. The Kier molecular flexibility index (Phi) is 7.28. The van der Waals surface area contributed by atoms with Gasteiger partial charge in [0.15, 0.2) is 0 Å². The molecule has 5 rings (SSSR count). The standard InChI is InChI=1S/C29H40N4O2/c1-3-4-5-10-17-32-18-11-14-22(32)19-30-28(34)24-20-33(21-12-6-7-13-21)29(35)27-26(24)23-15-8-9-16-25(23)31(27)2/h8-9,15-16,20-22H,3-7,10-14,17-19H2,1-2H3,(H,30,34)/t22-/m0/s1. The van der Waals surface area contributed by atoms with Crippen molar-refractivity contribution in [2.75, 3.05) is 19.6 Å². The first kappa shape index (κ1) is 24.1. The van der Waals surface area contributed by atoms with Crippen molar-refractivity contribution in [2.45, 2.75) is 83.2 Å². The number of carbonyl (C=O) groups is 1. The van der Waals surface area contributed by atoms with Crippen LogP contribution in [0.3, 0.4) is 0 Å². The summed E-state index contributed by atoms with van der Waals surface area (Å²) in [6.45, 7) is 5.17. The second-order valence-corrected chi connectivity index (χ2v) is 10.6. The Morgan fingerprint density at radius 2 is 1.86 bits per heavy atom. The highest BCUT2D eigenvalue weighted by molar-refractivity contribution is 6.17. The highest BCUT2D eigenvalue weighted by Gasteiger charge is 2.27. The molecule has 1 amide bonds. The van der Waals surface area contributed by atoms with Gasteiger partial charge in [-0.3, -0.25) is 14.5 Å². The zero-order valence-corrected chi connectivity index (χ0v) is 21.4. The van der Waals surface area contributed by atoms with Gasteiger partial charge in [-0.2, -0.15) is 0 Å². The molecule has 2 aliphatic rings. The topological polar surface area (TPSA) is 59.3 Å². The first-order chi connectivity index (χ1) is 17.1. The SMILES string of the molecule is CCCCCCN1CCC[C@H]1CNC(=O)c1cn(C2CCCC2)c(=O)c2c1c1ccccc1n2C. The normalized spacial score (nSPS) is 19.3. The predicted molar refractivity (Wildman–Crippen MR) is 143 cm³/mol.